The first-order valence-electron chi connectivity index (χ1n) is 5.61. The van der Waals surface area contributed by atoms with Gasteiger partial charge >= 0.3 is 0 Å². The Hall–Kier alpha value is -0.980. The highest BCUT2D eigenvalue weighted by molar-refractivity contribution is 5.25. The van der Waals surface area contributed by atoms with Crippen molar-refractivity contribution in [1.29, 1.82) is 0 Å². The molecule has 0 amide bonds. The lowest BCUT2D eigenvalue weighted by Gasteiger charge is -1.99. The van der Waals surface area contributed by atoms with Crippen LogP contribution >= 0.6 is 0 Å². The Kier molecular flexibility index (Phi) is 8.01. The van der Waals surface area contributed by atoms with E-state index in [9.17, 15) is 0 Å². The molecule has 1 aromatic rings. The summed E-state index contributed by atoms with van der Waals surface area (Å²) in [6, 6.07) is 7.48. The van der Waals surface area contributed by atoms with Gasteiger partial charge in [0.1, 0.15) is 5.75 Å². The summed E-state index contributed by atoms with van der Waals surface area (Å²) in [7, 11) is 0. The van der Waals surface area contributed by atoms with E-state index >= 15 is 0 Å². The Bertz CT molecular complexity index is 213. The van der Waals surface area contributed by atoms with Crippen LogP contribution in [0.1, 0.15) is 45.6 Å². The third-order valence-electron chi connectivity index (χ3n) is 2.01. The largest absolute Gasteiger partial charge is 0.508 e. The summed E-state index contributed by atoms with van der Waals surface area (Å²) >= 11 is 0. The second-order valence-electron chi connectivity index (χ2n) is 3.12. The average Bonchev–Trinajstić information content (AvgIpc) is 2.24. The van der Waals surface area contributed by atoms with Crippen molar-refractivity contribution in [2.75, 3.05) is 0 Å². The molecule has 14 heavy (non-hydrogen) atoms. The fraction of sp³-hybridized carbons (Fsp3) is 0.538. The molecule has 0 aliphatic carbocycles. The minimum atomic E-state index is 0.356. The molecule has 1 aromatic carbocycles. The molecule has 0 aliphatic heterocycles. The monoisotopic (exact) mass is 194 g/mol. The molecule has 1 N–H and O–H groups in total. The van der Waals surface area contributed by atoms with E-state index in [-0.39, 0.29) is 0 Å². The molecule has 0 unspecified atom stereocenters. The van der Waals surface area contributed by atoms with Gasteiger partial charge in [-0.1, -0.05) is 45.7 Å². The van der Waals surface area contributed by atoms with Crippen LogP contribution in [0.25, 0.3) is 0 Å². The number of phenolic OH excluding ortho intramolecular Hbond substituents is 1. The number of aromatic hydroxyl groups is 1. The molecule has 1 rings (SSSR count). The van der Waals surface area contributed by atoms with E-state index < -0.39 is 0 Å². The normalized spacial score (nSPS) is 9.07. The van der Waals surface area contributed by atoms with E-state index in [0.717, 1.165) is 6.42 Å². The van der Waals surface area contributed by atoms with Gasteiger partial charge in [-0.3, -0.25) is 0 Å². The van der Waals surface area contributed by atoms with Crippen LogP contribution in [0, 0.1) is 0 Å². The summed E-state index contributed by atoms with van der Waals surface area (Å²) in [6.07, 6.45) is 4.94. The second-order valence-corrected chi connectivity index (χ2v) is 3.12. The lowest BCUT2D eigenvalue weighted by Crippen LogP contribution is -1.83. The molecule has 0 heterocycles. The van der Waals surface area contributed by atoms with Gasteiger partial charge in [-0.05, 0) is 30.5 Å². The molecule has 1 nitrogen and oxygen atoms in total. The van der Waals surface area contributed by atoms with E-state index in [1.54, 1.807) is 12.1 Å². The van der Waals surface area contributed by atoms with E-state index in [0.29, 0.717) is 5.75 Å². The highest BCUT2D eigenvalue weighted by Gasteiger charge is 1.92. The van der Waals surface area contributed by atoms with Crippen molar-refractivity contribution in [3.8, 4) is 5.75 Å². The van der Waals surface area contributed by atoms with Crippen molar-refractivity contribution in [3.05, 3.63) is 29.8 Å². The highest BCUT2D eigenvalue weighted by Crippen LogP contribution is 2.12. The Morgan fingerprint density at radius 1 is 1.00 bits per heavy atom. The van der Waals surface area contributed by atoms with Gasteiger partial charge in [0.05, 0.1) is 0 Å². The van der Waals surface area contributed by atoms with Gasteiger partial charge in [0.25, 0.3) is 0 Å². The van der Waals surface area contributed by atoms with Crippen molar-refractivity contribution in [2.24, 2.45) is 0 Å². The lowest BCUT2D eigenvalue weighted by molar-refractivity contribution is 0.475. The second kappa shape index (κ2) is 8.61. The first-order chi connectivity index (χ1) is 6.83. The third-order valence-corrected chi connectivity index (χ3v) is 2.01. The summed E-state index contributed by atoms with van der Waals surface area (Å²) in [5.74, 6) is 0.356. The Morgan fingerprint density at radius 2 is 1.57 bits per heavy atom. The molecule has 0 aromatic heterocycles. The van der Waals surface area contributed by atoms with E-state index in [4.69, 9.17) is 5.11 Å². The van der Waals surface area contributed by atoms with Gasteiger partial charge in [0, 0.05) is 0 Å². The van der Waals surface area contributed by atoms with Gasteiger partial charge in [0.2, 0.25) is 0 Å². The minimum absolute atomic E-state index is 0.356. The predicted octanol–water partition coefficient (Wildman–Crippen LogP) is 4.15. The Morgan fingerprint density at radius 3 is 2.07 bits per heavy atom. The Balaban J connectivity index is 0.000000791. The van der Waals surface area contributed by atoms with Crippen LogP contribution in [-0.2, 0) is 6.42 Å². The molecule has 0 saturated heterocycles. The summed E-state index contributed by atoms with van der Waals surface area (Å²) in [4.78, 5) is 0. The number of unbranched alkanes of at least 4 members (excludes halogenated alkanes) is 2. The molecule has 0 atom stereocenters. The quantitative estimate of drug-likeness (QED) is 0.714. The fourth-order valence-electron chi connectivity index (χ4n) is 1.24. The maximum Gasteiger partial charge on any atom is 0.115 e. The summed E-state index contributed by atoms with van der Waals surface area (Å²) in [6.45, 7) is 6.21. The third kappa shape index (κ3) is 5.63. The zero-order valence-corrected chi connectivity index (χ0v) is 9.59. The van der Waals surface area contributed by atoms with Crippen LogP contribution in [0.5, 0.6) is 5.75 Å². The van der Waals surface area contributed by atoms with E-state index in [1.165, 1.54) is 24.8 Å². The number of hydrogen-bond donors (Lipinski definition) is 1. The fourth-order valence-corrected chi connectivity index (χ4v) is 1.24. The Labute approximate surface area is 87.8 Å². The van der Waals surface area contributed by atoms with Gasteiger partial charge in [-0.2, -0.15) is 0 Å². The van der Waals surface area contributed by atoms with Crippen LogP contribution in [0.15, 0.2) is 24.3 Å². The van der Waals surface area contributed by atoms with Crippen LogP contribution in [0.3, 0.4) is 0 Å². The smallest absolute Gasteiger partial charge is 0.115 e. The molecule has 0 fully saturated rings. The zero-order valence-electron chi connectivity index (χ0n) is 9.59. The number of rotatable bonds is 4. The highest BCUT2D eigenvalue weighted by atomic mass is 16.3. The molecule has 1 heteroatoms. The number of phenols is 1. The number of hydrogen-bond acceptors (Lipinski definition) is 1. The summed E-state index contributed by atoms with van der Waals surface area (Å²) in [5.41, 5.74) is 1.32. The van der Waals surface area contributed by atoms with Crippen molar-refractivity contribution < 1.29 is 5.11 Å². The van der Waals surface area contributed by atoms with Gasteiger partial charge in [-0.25, -0.2) is 0 Å². The summed E-state index contributed by atoms with van der Waals surface area (Å²) in [5, 5.41) is 9.03. The average molecular weight is 194 g/mol. The van der Waals surface area contributed by atoms with E-state index in [1.807, 2.05) is 26.0 Å². The van der Waals surface area contributed by atoms with Crippen molar-refractivity contribution in [2.45, 2.75) is 46.5 Å². The molecule has 80 valence electrons. The van der Waals surface area contributed by atoms with Crippen molar-refractivity contribution >= 4 is 0 Å². The summed E-state index contributed by atoms with van der Waals surface area (Å²) < 4.78 is 0. The molecule has 0 aliphatic rings. The standard InChI is InChI=1S/C11H16O.C2H6/c1-2-3-4-5-10-6-8-11(12)9-7-10;1-2/h6-9,12H,2-5H2,1H3;1-2H3. The zero-order chi connectivity index (χ0) is 10.8. The molecule has 0 spiro atoms. The topological polar surface area (TPSA) is 20.2 Å². The van der Waals surface area contributed by atoms with Crippen molar-refractivity contribution in [1.82, 2.24) is 0 Å². The van der Waals surface area contributed by atoms with Crippen LogP contribution in [0.2, 0.25) is 0 Å². The first kappa shape index (κ1) is 13.0. The minimum Gasteiger partial charge on any atom is -0.508 e. The van der Waals surface area contributed by atoms with Gasteiger partial charge in [-0.15, -0.1) is 0 Å². The first-order valence-corrected chi connectivity index (χ1v) is 5.61. The van der Waals surface area contributed by atoms with Crippen molar-refractivity contribution in [3.63, 3.8) is 0 Å². The maximum atomic E-state index is 9.03. The maximum absolute atomic E-state index is 9.03. The number of aryl methyl sites for hydroxylation is 1. The predicted molar refractivity (Wildman–Crippen MR) is 62.7 cm³/mol. The molecular formula is C13H22O. The lowest BCUT2D eigenvalue weighted by atomic mass is 10.1. The number of benzene rings is 1. The molecule has 0 bridgehead atoms. The van der Waals surface area contributed by atoms with Gasteiger partial charge < -0.3 is 5.11 Å². The molecule has 0 saturated carbocycles. The van der Waals surface area contributed by atoms with Crippen LogP contribution in [0.4, 0.5) is 0 Å². The molecular weight excluding hydrogens is 172 g/mol. The van der Waals surface area contributed by atoms with Gasteiger partial charge in [0.15, 0.2) is 0 Å². The van der Waals surface area contributed by atoms with Crippen LogP contribution < -0.4 is 0 Å². The van der Waals surface area contributed by atoms with Crippen LogP contribution in [-0.4, -0.2) is 5.11 Å². The van der Waals surface area contributed by atoms with E-state index in [2.05, 4.69) is 6.92 Å². The molecule has 0 radical (unpaired) electrons. The SMILES string of the molecule is CC.CCCCCc1ccc(O)cc1.